The van der Waals surface area contributed by atoms with Gasteiger partial charge in [0.1, 0.15) is 29.1 Å². The fraction of sp³-hybridized carbons (Fsp3) is 0.286. The Morgan fingerprint density at radius 2 is 1.80 bits per heavy atom. The largest absolute Gasteiger partial charge is 0.507 e. The molecule has 2 heterocycles. The molecular weight excluding hydrogens is 446 g/mol. The maximum Gasteiger partial charge on any atom is 0.295 e. The zero-order chi connectivity index (χ0) is 25.1. The third-order valence-corrected chi connectivity index (χ3v) is 6.28. The highest BCUT2D eigenvalue weighted by atomic mass is 16.5. The number of nitrogens with zero attached hydrogens (tertiary/aromatic N) is 1. The van der Waals surface area contributed by atoms with Crippen molar-refractivity contribution in [2.45, 2.75) is 32.2 Å². The van der Waals surface area contributed by atoms with E-state index in [-0.39, 0.29) is 23.8 Å². The highest BCUT2D eigenvalue weighted by Gasteiger charge is 2.47. The minimum absolute atomic E-state index is 0.0135. The number of amides is 1. The van der Waals surface area contributed by atoms with Crippen LogP contribution in [0.15, 0.2) is 70.9 Å². The molecule has 1 aromatic heterocycles. The normalized spacial score (nSPS) is 17.3. The predicted molar refractivity (Wildman–Crippen MR) is 131 cm³/mol. The summed E-state index contributed by atoms with van der Waals surface area (Å²) in [5, 5.41) is 11.3. The molecule has 0 bridgehead atoms. The molecule has 1 amide bonds. The zero-order valence-corrected chi connectivity index (χ0v) is 20.3. The molecule has 1 aliphatic heterocycles. The summed E-state index contributed by atoms with van der Waals surface area (Å²) in [6.07, 6.45) is 2.01. The Morgan fingerprint density at radius 3 is 2.40 bits per heavy atom. The topological polar surface area (TPSA) is 89.2 Å². The number of hydrogen-bond acceptors (Lipinski definition) is 6. The second kappa shape index (κ2) is 10.1. The van der Waals surface area contributed by atoms with Crippen LogP contribution in [-0.2, 0) is 16.0 Å². The van der Waals surface area contributed by atoms with Crippen LogP contribution in [0, 0.1) is 0 Å². The summed E-state index contributed by atoms with van der Waals surface area (Å²) in [6, 6.07) is 15.4. The van der Waals surface area contributed by atoms with Crippen LogP contribution in [0.2, 0.25) is 0 Å². The van der Waals surface area contributed by atoms with Gasteiger partial charge in [0.25, 0.3) is 11.7 Å². The van der Waals surface area contributed by atoms with E-state index in [0.717, 1.165) is 16.9 Å². The lowest BCUT2D eigenvalue weighted by atomic mass is 9.95. The molecule has 1 saturated heterocycles. The molecule has 182 valence electrons. The Bertz CT molecular complexity index is 1240. The minimum Gasteiger partial charge on any atom is -0.507 e. The Morgan fingerprint density at radius 1 is 1.06 bits per heavy atom. The Balaban J connectivity index is 1.73. The number of aliphatic hydroxyl groups excluding tert-OH is 1. The molecule has 35 heavy (non-hydrogen) atoms. The third-order valence-electron chi connectivity index (χ3n) is 6.28. The molecule has 7 nitrogen and oxygen atoms in total. The van der Waals surface area contributed by atoms with Crippen LogP contribution < -0.4 is 9.47 Å². The highest BCUT2D eigenvalue weighted by Crippen LogP contribution is 2.40. The van der Waals surface area contributed by atoms with E-state index in [1.807, 2.05) is 38.1 Å². The van der Waals surface area contributed by atoms with Crippen LogP contribution in [0.3, 0.4) is 0 Å². The molecule has 1 fully saturated rings. The van der Waals surface area contributed by atoms with Crippen molar-refractivity contribution in [3.8, 4) is 11.5 Å². The number of Topliss-reactive ketones (excluding diaryl/α,β-unsaturated/α-hetero) is 1. The lowest BCUT2D eigenvalue weighted by Gasteiger charge is -2.23. The van der Waals surface area contributed by atoms with Crippen LogP contribution in [-0.4, -0.2) is 42.5 Å². The standard InChI is InChI=1S/C28H29NO6/c1-17(2)21-16-19(9-12-22(21)34-4)26(30)24-25(23-6-5-15-35-23)29(28(32)27(24)31)14-13-18-7-10-20(33-3)11-8-18/h5-12,15-17,25,30H,13-14H2,1-4H3/b26-24-. The summed E-state index contributed by atoms with van der Waals surface area (Å²) in [5.41, 5.74) is 2.33. The van der Waals surface area contributed by atoms with Gasteiger partial charge in [0.05, 0.1) is 26.1 Å². The number of furan rings is 1. The molecule has 0 spiro atoms. The average Bonchev–Trinajstić information content (AvgIpc) is 3.49. The summed E-state index contributed by atoms with van der Waals surface area (Å²) in [7, 11) is 3.19. The van der Waals surface area contributed by atoms with Crippen molar-refractivity contribution in [2.75, 3.05) is 20.8 Å². The van der Waals surface area contributed by atoms with Gasteiger partial charge < -0.3 is 23.9 Å². The van der Waals surface area contributed by atoms with Crippen molar-refractivity contribution < 1.29 is 28.6 Å². The lowest BCUT2D eigenvalue weighted by molar-refractivity contribution is -0.140. The first kappa shape index (κ1) is 24.1. The molecule has 0 radical (unpaired) electrons. The molecule has 3 aromatic rings. The number of ether oxygens (including phenoxy) is 2. The first-order chi connectivity index (χ1) is 16.8. The number of benzene rings is 2. The van der Waals surface area contributed by atoms with Crippen molar-refractivity contribution >= 4 is 17.4 Å². The lowest BCUT2D eigenvalue weighted by Crippen LogP contribution is -2.31. The van der Waals surface area contributed by atoms with Gasteiger partial charge in [0.15, 0.2) is 0 Å². The summed E-state index contributed by atoms with van der Waals surface area (Å²) in [6.45, 7) is 4.31. The second-order valence-corrected chi connectivity index (χ2v) is 8.72. The van der Waals surface area contributed by atoms with E-state index < -0.39 is 17.7 Å². The van der Waals surface area contributed by atoms with Gasteiger partial charge in [-0.05, 0) is 65.9 Å². The summed E-state index contributed by atoms with van der Waals surface area (Å²) < 4.78 is 16.3. The maximum absolute atomic E-state index is 13.2. The fourth-order valence-electron chi connectivity index (χ4n) is 4.38. The fourth-order valence-corrected chi connectivity index (χ4v) is 4.38. The van der Waals surface area contributed by atoms with Crippen molar-refractivity contribution in [1.82, 2.24) is 4.90 Å². The van der Waals surface area contributed by atoms with Crippen molar-refractivity contribution in [3.63, 3.8) is 0 Å². The number of methoxy groups -OCH3 is 2. The Labute approximate surface area is 204 Å². The number of likely N-dealkylation sites (tertiary alicyclic amines) is 1. The van der Waals surface area contributed by atoms with Gasteiger partial charge in [-0.15, -0.1) is 0 Å². The average molecular weight is 476 g/mol. The molecule has 2 aromatic carbocycles. The summed E-state index contributed by atoms with van der Waals surface area (Å²) >= 11 is 0. The van der Waals surface area contributed by atoms with Gasteiger partial charge in [-0.1, -0.05) is 26.0 Å². The van der Waals surface area contributed by atoms with Crippen LogP contribution in [0.1, 0.15) is 48.3 Å². The van der Waals surface area contributed by atoms with Crippen molar-refractivity contribution in [2.24, 2.45) is 0 Å². The second-order valence-electron chi connectivity index (χ2n) is 8.72. The van der Waals surface area contributed by atoms with E-state index >= 15 is 0 Å². The first-order valence-electron chi connectivity index (χ1n) is 11.5. The van der Waals surface area contributed by atoms with Crippen LogP contribution >= 0.6 is 0 Å². The molecule has 1 N–H and O–H groups in total. The molecule has 0 saturated carbocycles. The number of hydrogen-bond donors (Lipinski definition) is 1. The summed E-state index contributed by atoms with van der Waals surface area (Å²) in [4.78, 5) is 27.7. The van der Waals surface area contributed by atoms with Gasteiger partial charge in [-0.3, -0.25) is 9.59 Å². The van der Waals surface area contributed by atoms with Gasteiger partial charge >= 0.3 is 0 Å². The SMILES string of the molecule is COc1ccc(CCN2C(=O)C(=O)/C(=C(\O)c3ccc(OC)c(C(C)C)c3)C2c2ccco2)cc1. The van der Waals surface area contributed by atoms with E-state index in [9.17, 15) is 14.7 Å². The molecule has 1 unspecified atom stereocenters. The van der Waals surface area contributed by atoms with Crippen LogP contribution in [0.5, 0.6) is 11.5 Å². The molecule has 0 aliphatic carbocycles. The number of rotatable bonds is 8. The van der Waals surface area contributed by atoms with Gasteiger partial charge in [-0.25, -0.2) is 0 Å². The van der Waals surface area contributed by atoms with E-state index in [1.54, 1.807) is 44.6 Å². The van der Waals surface area contributed by atoms with Gasteiger partial charge in [0, 0.05) is 12.1 Å². The van der Waals surface area contributed by atoms with E-state index in [4.69, 9.17) is 13.9 Å². The monoisotopic (exact) mass is 475 g/mol. The molecule has 1 aliphatic rings. The molecule has 7 heteroatoms. The number of carbonyl (C=O) groups excluding carboxylic acids is 2. The van der Waals surface area contributed by atoms with E-state index in [2.05, 4.69) is 0 Å². The zero-order valence-electron chi connectivity index (χ0n) is 20.3. The smallest absolute Gasteiger partial charge is 0.295 e. The van der Waals surface area contributed by atoms with Crippen LogP contribution in [0.4, 0.5) is 0 Å². The third kappa shape index (κ3) is 4.67. The predicted octanol–water partition coefficient (Wildman–Crippen LogP) is 5.08. The summed E-state index contributed by atoms with van der Waals surface area (Å²) in [5.74, 6) is 0.341. The maximum atomic E-state index is 13.2. The molecule has 4 rings (SSSR count). The van der Waals surface area contributed by atoms with Crippen molar-refractivity contribution in [3.05, 3.63) is 88.9 Å². The van der Waals surface area contributed by atoms with E-state index in [0.29, 0.717) is 23.5 Å². The minimum atomic E-state index is -0.826. The molecule has 1 atom stereocenters. The number of aliphatic hydroxyl groups is 1. The van der Waals surface area contributed by atoms with Crippen molar-refractivity contribution in [1.29, 1.82) is 0 Å². The van der Waals surface area contributed by atoms with Gasteiger partial charge in [-0.2, -0.15) is 0 Å². The van der Waals surface area contributed by atoms with Crippen LogP contribution in [0.25, 0.3) is 5.76 Å². The Hall–Kier alpha value is -4.00. The quantitative estimate of drug-likeness (QED) is 0.278. The van der Waals surface area contributed by atoms with E-state index in [1.165, 1.54) is 11.2 Å². The Kier molecular flexibility index (Phi) is 6.96. The highest BCUT2D eigenvalue weighted by molar-refractivity contribution is 6.46. The first-order valence-corrected chi connectivity index (χ1v) is 11.5. The van der Waals surface area contributed by atoms with Gasteiger partial charge in [0.2, 0.25) is 0 Å². The number of ketones is 1. The molecular formula is C28H29NO6. The number of carbonyl (C=O) groups is 2.